The van der Waals surface area contributed by atoms with Crippen molar-refractivity contribution in [3.63, 3.8) is 0 Å². The van der Waals surface area contributed by atoms with E-state index >= 15 is 0 Å². The van der Waals surface area contributed by atoms with E-state index in [1.54, 1.807) is 12.3 Å². The topological polar surface area (TPSA) is 39.7 Å². The van der Waals surface area contributed by atoms with Crippen LogP contribution in [-0.2, 0) is 4.79 Å². The van der Waals surface area contributed by atoms with Gasteiger partial charge >= 0.3 is 0 Å². The first-order valence-electron chi connectivity index (χ1n) is 9.05. The number of likely N-dealkylation sites (tertiary alicyclic amines) is 1. The zero-order chi connectivity index (χ0) is 16.9. The average molecular weight is 334 g/mol. The first-order valence-corrected chi connectivity index (χ1v) is 9.05. The zero-order valence-corrected chi connectivity index (χ0v) is 14.5. The van der Waals surface area contributed by atoms with Gasteiger partial charge in [0.2, 0.25) is 5.91 Å². The van der Waals surface area contributed by atoms with Gasteiger partial charge in [0.1, 0.15) is 0 Å². The van der Waals surface area contributed by atoms with Crippen molar-refractivity contribution < 1.29 is 9.18 Å². The summed E-state index contributed by atoms with van der Waals surface area (Å²) in [5.41, 5.74) is 0. The summed E-state index contributed by atoms with van der Waals surface area (Å²) in [6.45, 7) is 6.71. The molecular formula is C18H27FN4O. The lowest BCUT2D eigenvalue weighted by Gasteiger charge is -2.39. The monoisotopic (exact) mass is 334 g/mol. The number of pyridine rings is 1. The van der Waals surface area contributed by atoms with E-state index in [9.17, 15) is 9.18 Å². The van der Waals surface area contributed by atoms with Crippen LogP contribution in [0.25, 0.3) is 0 Å². The Morgan fingerprint density at radius 2 is 1.75 bits per heavy atom. The fourth-order valence-electron chi connectivity index (χ4n) is 3.64. The molecule has 0 radical (unpaired) electrons. The van der Waals surface area contributed by atoms with Crippen LogP contribution in [0.15, 0.2) is 18.3 Å². The third-order valence-electron chi connectivity index (χ3n) is 5.18. The molecule has 0 bridgehead atoms. The molecule has 2 aliphatic rings. The number of piperazine rings is 1. The minimum Gasteiger partial charge on any atom is -0.352 e. The number of carbonyl (C=O) groups is 1. The summed E-state index contributed by atoms with van der Waals surface area (Å²) in [6, 6.07) is 2.95. The molecule has 2 saturated heterocycles. The number of halogens is 1. The Bertz CT molecular complexity index is 552. The van der Waals surface area contributed by atoms with Gasteiger partial charge in [0.15, 0.2) is 11.6 Å². The van der Waals surface area contributed by atoms with E-state index in [1.165, 1.54) is 18.9 Å². The molecule has 3 rings (SSSR count). The summed E-state index contributed by atoms with van der Waals surface area (Å²) in [5.74, 6) is 0.387. The second-order valence-corrected chi connectivity index (χ2v) is 6.75. The van der Waals surface area contributed by atoms with Crippen LogP contribution in [-0.4, -0.2) is 66.0 Å². The minimum absolute atomic E-state index is 0.0983. The molecule has 2 aliphatic heterocycles. The Labute approximate surface area is 143 Å². The van der Waals surface area contributed by atoms with Crippen molar-refractivity contribution >= 4 is 11.7 Å². The van der Waals surface area contributed by atoms with Gasteiger partial charge in [-0.1, -0.05) is 12.8 Å². The quantitative estimate of drug-likeness (QED) is 0.849. The van der Waals surface area contributed by atoms with Gasteiger partial charge in [-0.15, -0.1) is 0 Å². The lowest BCUT2D eigenvalue weighted by molar-refractivity contribution is -0.136. The van der Waals surface area contributed by atoms with Gasteiger partial charge in [-0.2, -0.15) is 0 Å². The Hall–Kier alpha value is -1.69. The van der Waals surface area contributed by atoms with Crippen molar-refractivity contribution in [2.75, 3.05) is 44.2 Å². The molecule has 0 unspecified atom stereocenters. The van der Waals surface area contributed by atoms with E-state index in [-0.39, 0.29) is 17.8 Å². The maximum Gasteiger partial charge on any atom is 0.239 e. The normalized spacial score (nSPS) is 21.4. The van der Waals surface area contributed by atoms with Crippen LogP contribution >= 0.6 is 0 Å². The van der Waals surface area contributed by atoms with Crippen molar-refractivity contribution in [3.05, 3.63) is 24.1 Å². The summed E-state index contributed by atoms with van der Waals surface area (Å²) >= 11 is 0. The zero-order valence-electron chi connectivity index (χ0n) is 14.5. The van der Waals surface area contributed by atoms with Crippen LogP contribution < -0.4 is 4.90 Å². The third-order valence-corrected chi connectivity index (χ3v) is 5.18. The minimum atomic E-state index is -0.278. The number of hydrogen-bond donors (Lipinski definition) is 0. The molecule has 0 aromatic carbocycles. The lowest BCUT2D eigenvalue weighted by atomic mass is 10.2. The van der Waals surface area contributed by atoms with Gasteiger partial charge in [-0.05, 0) is 31.9 Å². The molecule has 0 N–H and O–H groups in total. The van der Waals surface area contributed by atoms with E-state index in [2.05, 4.69) is 9.88 Å². The molecular weight excluding hydrogens is 307 g/mol. The molecule has 6 heteroatoms. The van der Waals surface area contributed by atoms with Crippen molar-refractivity contribution in [1.29, 1.82) is 0 Å². The predicted molar refractivity (Wildman–Crippen MR) is 92.5 cm³/mol. The van der Waals surface area contributed by atoms with Crippen LogP contribution in [0.5, 0.6) is 0 Å². The SMILES string of the molecule is C[C@@H](C(=O)N1CCCCCC1)N1CCN(c2ncccc2F)CC1. The van der Waals surface area contributed by atoms with Crippen molar-refractivity contribution in [1.82, 2.24) is 14.8 Å². The maximum absolute atomic E-state index is 13.9. The van der Waals surface area contributed by atoms with Crippen LogP contribution in [0.3, 0.4) is 0 Å². The second kappa shape index (κ2) is 7.92. The van der Waals surface area contributed by atoms with Crippen LogP contribution in [0.4, 0.5) is 10.2 Å². The van der Waals surface area contributed by atoms with Gasteiger partial charge in [0, 0.05) is 45.5 Å². The molecule has 1 aromatic rings. The molecule has 0 saturated carbocycles. The largest absolute Gasteiger partial charge is 0.352 e. The van der Waals surface area contributed by atoms with Crippen LogP contribution in [0.2, 0.25) is 0 Å². The maximum atomic E-state index is 13.9. The number of carbonyl (C=O) groups excluding carboxylic acids is 1. The summed E-state index contributed by atoms with van der Waals surface area (Å²) in [7, 11) is 0. The molecule has 1 aromatic heterocycles. The fraction of sp³-hybridized carbons (Fsp3) is 0.667. The highest BCUT2D eigenvalue weighted by Gasteiger charge is 2.29. The Morgan fingerprint density at radius 1 is 1.08 bits per heavy atom. The smallest absolute Gasteiger partial charge is 0.239 e. The molecule has 1 amide bonds. The predicted octanol–water partition coefficient (Wildman–Crippen LogP) is 2.13. The number of aromatic nitrogens is 1. The molecule has 2 fully saturated rings. The van der Waals surface area contributed by atoms with E-state index < -0.39 is 0 Å². The highest BCUT2D eigenvalue weighted by Crippen LogP contribution is 2.19. The molecule has 1 atom stereocenters. The Morgan fingerprint density at radius 3 is 2.38 bits per heavy atom. The third kappa shape index (κ3) is 3.86. The van der Waals surface area contributed by atoms with Gasteiger partial charge in [0.05, 0.1) is 6.04 Å². The molecule has 3 heterocycles. The van der Waals surface area contributed by atoms with E-state index in [4.69, 9.17) is 0 Å². The van der Waals surface area contributed by atoms with Gasteiger partial charge in [-0.3, -0.25) is 9.69 Å². The number of amides is 1. The summed E-state index contributed by atoms with van der Waals surface area (Å²) in [5, 5.41) is 0. The highest BCUT2D eigenvalue weighted by molar-refractivity contribution is 5.81. The van der Waals surface area contributed by atoms with Crippen molar-refractivity contribution in [2.24, 2.45) is 0 Å². The van der Waals surface area contributed by atoms with Crippen molar-refractivity contribution in [3.8, 4) is 0 Å². The summed E-state index contributed by atoms with van der Waals surface area (Å²) in [4.78, 5) is 23.1. The number of nitrogens with zero attached hydrogens (tertiary/aromatic N) is 4. The van der Waals surface area contributed by atoms with Crippen molar-refractivity contribution in [2.45, 2.75) is 38.6 Å². The van der Waals surface area contributed by atoms with Gasteiger partial charge in [0.25, 0.3) is 0 Å². The standard InChI is InChI=1S/C18H27FN4O/c1-15(18(24)23-9-4-2-3-5-10-23)21-11-13-22(14-12-21)17-16(19)7-6-8-20-17/h6-8,15H,2-5,9-14H2,1H3/t15-/m0/s1. The summed E-state index contributed by atoms with van der Waals surface area (Å²) in [6.07, 6.45) is 6.31. The fourth-order valence-corrected chi connectivity index (χ4v) is 3.64. The first kappa shape index (κ1) is 17.1. The first-order chi connectivity index (χ1) is 11.7. The average Bonchev–Trinajstić information content (AvgIpc) is 2.90. The van der Waals surface area contributed by atoms with Gasteiger partial charge < -0.3 is 9.80 Å². The van der Waals surface area contributed by atoms with E-state index in [1.807, 2.05) is 16.7 Å². The number of anilines is 1. The number of rotatable bonds is 3. The molecule has 5 nitrogen and oxygen atoms in total. The summed E-state index contributed by atoms with van der Waals surface area (Å²) < 4.78 is 13.9. The van der Waals surface area contributed by atoms with Crippen LogP contribution in [0.1, 0.15) is 32.6 Å². The van der Waals surface area contributed by atoms with E-state index in [0.29, 0.717) is 18.9 Å². The Kier molecular flexibility index (Phi) is 5.66. The molecule has 0 spiro atoms. The lowest BCUT2D eigenvalue weighted by Crippen LogP contribution is -2.55. The second-order valence-electron chi connectivity index (χ2n) is 6.75. The highest BCUT2D eigenvalue weighted by atomic mass is 19.1. The molecule has 132 valence electrons. The van der Waals surface area contributed by atoms with Gasteiger partial charge in [-0.25, -0.2) is 9.37 Å². The Balaban J connectivity index is 1.55. The number of hydrogen-bond acceptors (Lipinski definition) is 4. The van der Waals surface area contributed by atoms with Crippen LogP contribution in [0, 0.1) is 5.82 Å². The molecule has 0 aliphatic carbocycles. The van der Waals surface area contributed by atoms with E-state index in [0.717, 1.165) is 39.0 Å². The molecule has 24 heavy (non-hydrogen) atoms.